The van der Waals surface area contributed by atoms with Crippen molar-refractivity contribution in [3.8, 4) is 11.5 Å². The number of para-hydroxylation sites is 1. The zero-order valence-corrected chi connectivity index (χ0v) is 16.4. The van der Waals surface area contributed by atoms with Crippen LogP contribution in [0.3, 0.4) is 0 Å². The van der Waals surface area contributed by atoms with Gasteiger partial charge in [-0.15, -0.1) is 0 Å². The second-order valence-corrected chi connectivity index (χ2v) is 6.27. The molecule has 3 amide bonds. The number of hydrogen-bond donors (Lipinski definition) is 1. The van der Waals surface area contributed by atoms with Crippen LogP contribution in [0.4, 0.5) is 10.5 Å². The van der Waals surface area contributed by atoms with Crippen LogP contribution in [-0.4, -0.2) is 38.7 Å². The summed E-state index contributed by atoms with van der Waals surface area (Å²) in [6, 6.07) is 11.1. The summed E-state index contributed by atoms with van der Waals surface area (Å²) in [6.07, 6.45) is 1.47. The van der Waals surface area contributed by atoms with Crippen LogP contribution < -0.4 is 19.7 Å². The first-order valence-corrected chi connectivity index (χ1v) is 8.81. The van der Waals surface area contributed by atoms with E-state index in [0.29, 0.717) is 11.3 Å². The molecule has 0 bridgehead atoms. The van der Waals surface area contributed by atoms with Crippen LogP contribution in [0.15, 0.2) is 48.2 Å². The molecule has 1 aliphatic rings. The van der Waals surface area contributed by atoms with Crippen molar-refractivity contribution in [2.24, 2.45) is 0 Å². The van der Waals surface area contributed by atoms with Gasteiger partial charge in [-0.25, -0.2) is 14.5 Å². The number of carbonyl (C=O) groups excluding carboxylic acids is 3. The Morgan fingerprint density at radius 2 is 1.90 bits per heavy atom. The lowest BCUT2D eigenvalue weighted by atomic mass is 10.1. The van der Waals surface area contributed by atoms with Crippen molar-refractivity contribution in [1.82, 2.24) is 5.32 Å². The van der Waals surface area contributed by atoms with Gasteiger partial charge in [0.2, 0.25) is 0 Å². The van der Waals surface area contributed by atoms with Crippen LogP contribution in [-0.2, 0) is 14.3 Å². The SMILES string of the molecule is COC(=O)COc1c(Cl)cc(/C=C2\NC(=O)N(c3ccccc3)C2=O)cc1OC. The van der Waals surface area contributed by atoms with E-state index in [1.54, 1.807) is 36.4 Å². The maximum absolute atomic E-state index is 12.7. The van der Waals surface area contributed by atoms with Crippen molar-refractivity contribution in [3.05, 3.63) is 58.7 Å². The van der Waals surface area contributed by atoms with Gasteiger partial charge in [0.05, 0.1) is 24.9 Å². The fraction of sp³-hybridized carbons (Fsp3) is 0.150. The van der Waals surface area contributed by atoms with E-state index in [2.05, 4.69) is 10.1 Å². The quantitative estimate of drug-likeness (QED) is 0.442. The number of hydrogen-bond acceptors (Lipinski definition) is 6. The summed E-state index contributed by atoms with van der Waals surface area (Å²) in [7, 11) is 2.65. The maximum atomic E-state index is 12.7. The number of halogens is 1. The first kappa shape index (κ1) is 20.2. The second kappa shape index (κ2) is 8.66. The van der Waals surface area contributed by atoms with E-state index in [4.69, 9.17) is 21.1 Å². The standard InChI is InChI=1S/C20H17ClN2O6/c1-27-16-10-12(8-14(21)18(16)29-11-17(24)28-2)9-15-19(25)23(20(26)22-15)13-6-4-3-5-7-13/h3-10H,11H2,1-2H3,(H,22,26)/b15-9-. The Hall–Kier alpha value is -3.52. The molecule has 8 nitrogen and oxygen atoms in total. The summed E-state index contributed by atoms with van der Waals surface area (Å²) in [5.74, 6) is -0.656. The van der Waals surface area contributed by atoms with Crippen molar-refractivity contribution in [2.45, 2.75) is 0 Å². The molecule has 0 atom stereocenters. The zero-order chi connectivity index (χ0) is 21.0. The number of esters is 1. The number of urea groups is 1. The van der Waals surface area contributed by atoms with Gasteiger partial charge in [-0.05, 0) is 35.9 Å². The lowest BCUT2D eigenvalue weighted by Gasteiger charge is -2.13. The van der Waals surface area contributed by atoms with Gasteiger partial charge in [-0.3, -0.25) is 4.79 Å². The molecule has 1 N–H and O–H groups in total. The molecule has 0 saturated carbocycles. The van der Waals surface area contributed by atoms with Gasteiger partial charge in [-0.2, -0.15) is 0 Å². The monoisotopic (exact) mass is 416 g/mol. The number of ether oxygens (including phenoxy) is 3. The summed E-state index contributed by atoms with van der Waals surface area (Å²) in [5, 5.41) is 2.71. The molecule has 0 aliphatic carbocycles. The van der Waals surface area contributed by atoms with Crippen LogP contribution in [0.25, 0.3) is 6.08 Å². The Kier molecular flexibility index (Phi) is 6.04. The number of methoxy groups -OCH3 is 2. The molecule has 9 heteroatoms. The van der Waals surface area contributed by atoms with Gasteiger partial charge in [0.15, 0.2) is 18.1 Å². The first-order chi connectivity index (χ1) is 13.9. The number of benzene rings is 2. The number of rotatable bonds is 6. The Morgan fingerprint density at radius 3 is 2.55 bits per heavy atom. The predicted molar refractivity (Wildman–Crippen MR) is 106 cm³/mol. The minimum Gasteiger partial charge on any atom is -0.493 e. The molecule has 1 heterocycles. The van der Waals surface area contributed by atoms with Crippen LogP contribution >= 0.6 is 11.6 Å². The summed E-state index contributed by atoms with van der Waals surface area (Å²) < 4.78 is 15.1. The van der Waals surface area contributed by atoms with Crippen molar-refractivity contribution >= 4 is 41.3 Å². The Labute approximate surface area is 171 Å². The lowest BCUT2D eigenvalue weighted by Crippen LogP contribution is -2.30. The number of nitrogens with one attached hydrogen (secondary N) is 1. The molecular weight excluding hydrogens is 400 g/mol. The van der Waals surface area contributed by atoms with Gasteiger partial charge in [0, 0.05) is 0 Å². The molecule has 0 unspecified atom stereocenters. The molecule has 29 heavy (non-hydrogen) atoms. The summed E-state index contributed by atoms with van der Waals surface area (Å²) >= 11 is 6.25. The third kappa shape index (κ3) is 4.33. The highest BCUT2D eigenvalue weighted by Gasteiger charge is 2.34. The Bertz CT molecular complexity index is 990. The minimum absolute atomic E-state index is 0.0835. The van der Waals surface area contributed by atoms with Gasteiger partial charge < -0.3 is 19.5 Å². The van der Waals surface area contributed by atoms with Crippen molar-refractivity contribution in [2.75, 3.05) is 25.7 Å². The molecule has 1 aliphatic heterocycles. The average molecular weight is 417 g/mol. The molecule has 0 aromatic heterocycles. The van der Waals surface area contributed by atoms with E-state index in [1.807, 2.05) is 0 Å². The van der Waals surface area contributed by atoms with E-state index in [9.17, 15) is 14.4 Å². The lowest BCUT2D eigenvalue weighted by molar-refractivity contribution is -0.142. The highest BCUT2D eigenvalue weighted by molar-refractivity contribution is 6.32. The number of imide groups is 1. The molecule has 0 spiro atoms. The van der Waals surface area contributed by atoms with Crippen LogP contribution in [0, 0.1) is 0 Å². The van der Waals surface area contributed by atoms with Crippen molar-refractivity contribution in [3.63, 3.8) is 0 Å². The molecule has 2 aromatic rings. The number of anilines is 1. The summed E-state index contributed by atoms with van der Waals surface area (Å²) in [5.41, 5.74) is 1.04. The highest BCUT2D eigenvalue weighted by atomic mass is 35.5. The largest absolute Gasteiger partial charge is 0.493 e. The summed E-state index contributed by atoms with van der Waals surface area (Å²) in [6.45, 7) is -0.340. The highest BCUT2D eigenvalue weighted by Crippen LogP contribution is 2.37. The maximum Gasteiger partial charge on any atom is 0.343 e. The molecule has 3 rings (SSSR count). The number of carbonyl (C=O) groups is 3. The predicted octanol–water partition coefficient (Wildman–Crippen LogP) is 3.00. The fourth-order valence-electron chi connectivity index (χ4n) is 2.67. The van der Waals surface area contributed by atoms with E-state index < -0.39 is 17.9 Å². The van der Waals surface area contributed by atoms with Gasteiger partial charge in [0.25, 0.3) is 5.91 Å². The topological polar surface area (TPSA) is 94.2 Å². The van der Waals surface area contributed by atoms with E-state index in [-0.39, 0.29) is 28.8 Å². The molecule has 150 valence electrons. The number of amides is 3. The van der Waals surface area contributed by atoms with E-state index in [0.717, 1.165) is 4.90 Å². The van der Waals surface area contributed by atoms with E-state index in [1.165, 1.54) is 26.4 Å². The normalized spacial score (nSPS) is 14.7. The van der Waals surface area contributed by atoms with Crippen LogP contribution in [0.5, 0.6) is 11.5 Å². The average Bonchev–Trinajstić information content (AvgIpc) is 3.00. The Morgan fingerprint density at radius 1 is 1.17 bits per heavy atom. The first-order valence-electron chi connectivity index (χ1n) is 8.44. The fourth-order valence-corrected chi connectivity index (χ4v) is 2.94. The molecule has 1 fully saturated rings. The van der Waals surface area contributed by atoms with Gasteiger partial charge >= 0.3 is 12.0 Å². The molecule has 0 radical (unpaired) electrons. The Balaban J connectivity index is 1.88. The molecule has 2 aromatic carbocycles. The number of nitrogens with zero attached hydrogens (tertiary/aromatic N) is 1. The van der Waals surface area contributed by atoms with Crippen molar-refractivity contribution in [1.29, 1.82) is 0 Å². The molecular formula is C20H17ClN2O6. The third-order valence-corrected chi connectivity index (χ3v) is 4.30. The van der Waals surface area contributed by atoms with Crippen molar-refractivity contribution < 1.29 is 28.6 Å². The van der Waals surface area contributed by atoms with Crippen LogP contribution in [0.2, 0.25) is 5.02 Å². The summed E-state index contributed by atoms with van der Waals surface area (Å²) in [4.78, 5) is 37.2. The third-order valence-electron chi connectivity index (χ3n) is 4.02. The minimum atomic E-state index is -0.574. The smallest absolute Gasteiger partial charge is 0.343 e. The van der Waals surface area contributed by atoms with Crippen LogP contribution in [0.1, 0.15) is 5.56 Å². The van der Waals surface area contributed by atoms with Gasteiger partial charge in [0.1, 0.15) is 5.70 Å². The second-order valence-electron chi connectivity index (χ2n) is 5.86. The van der Waals surface area contributed by atoms with Gasteiger partial charge in [-0.1, -0.05) is 29.8 Å². The van der Waals surface area contributed by atoms with E-state index >= 15 is 0 Å². The zero-order valence-electron chi connectivity index (χ0n) is 15.6. The molecule has 1 saturated heterocycles.